The molecule has 0 radical (unpaired) electrons. The third-order valence-electron chi connectivity index (χ3n) is 5.10. The molecular weight excluding hydrogens is 404 g/mol. The topological polar surface area (TPSA) is 96.3 Å². The van der Waals surface area contributed by atoms with Crippen LogP contribution in [0.2, 0.25) is 5.02 Å². The summed E-state index contributed by atoms with van der Waals surface area (Å²) in [6.45, 7) is 3.96. The number of carboxylic acids is 1. The number of halogens is 1. The van der Waals surface area contributed by atoms with Crippen molar-refractivity contribution < 1.29 is 14.7 Å². The van der Waals surface area contributed by atoms with Crippen molar-refractivity contribution in [1.29, 1.82) is 0 Å². The molecule has 0 saturated carbocycles. The quantitative estimate of drug-likeness (QED) is 0.579. The van der Waals surface area contributed by atoms with Gasteiger partial charge in [-0.2, -0.15) is 5.10 Å². The Morgan fingerprint density at radius 2 is 1.93 bits per heavy atom. The molecule has 8 heteroatoms. The van der Waals surface area contributed by atoms with Crippen LogP contribution in [0.15, 0.2) is 60.4 Å². The Kier molecular flexibility index (Phi) is 5.05. The molecule has 1 aliphatic rings. The molecule has 0 saturated heterocycles. The average Bonchev–Trinajstić information content (AvgIpc) is 3.15. The van der Waals surface area contributed by atoms with Crippen LogP contribution in [-0.2, 0) is 4.79 Å². The number of aryl methyl sites for hydroxylation is 2. The van der Waals surface area contributed by atoms with Crippen LogP contribution >= 0.6 is 11.6 Å². The molecule has 4 rings (SSSR count). The van der Waals surface area contributed by atoms with E-state index in [-0.39, 0.29) is 11.3 Å². The molecule has 1 aromatic heterocycles. The van der Waals surface area contributed by atoms with Crippen molar-refractivity contribution in [2.24, 2.45) is 0 Å². The smallest absolute Gasteiger partial charge is 0.352 e. The van der Waals surface area contributed by atoms with Crippen molar-refractivity contribution in [3.63, 3.8) is 0 Å². The number of carbonyl (C=O) groups is 2. The van der Waals surface area contributed by atoms with Crippen molar-refractivity contribution >= 4 is 35.0 Å². The maximum atomic E-state index is 12.9. The fraction of sp³-hybridized carbons (Fsp3) is 0.136. The van der Waals surface area contributed by atoms with Crippen molar-refractivity contribution in [1.82, 2.24) is 9.78 Å². The summed E-state index contributed by atoms with van der Waals surface area (Å²) < 4.78 is 1.56. The Bertz CT molecular complexity index is 1200. The maximum Gasteiger partial charge on any atom is 0.352 e. The van der Waals surface area contributed by atoms with Gasteiger partial charge >= 0.3 is 5.97 Å². The molecule has 2 aromatic carbocycles. The zero-order valence-electron chi connectivity index (χ0n) is 16.3. The number of hydrogen-bond donors (Lipinski definition) is 3. The monoisotopic (exact) mass is 422 g/mol. The summed E-state index contributed by atoms with van der Waals surface area (Å²) in [6, 6.07) is 12.2. The molecule has 0 spiro atoms. The van der Waals surface area contributed by atoms with Crippen LogP contribution in [-0.4, -0.2) is 26.8 Å². The Balaban J connectivity index is 1.73. The van der Waals surface area contributed by atoms with Crippen LogP contribution in [0.3, 0.4) is 0 Å². The summed E-state index contributed by atoms with van der Waals surface area (Å²) in [5.41, 5.74) is 3.69. The van der Waals surface area contributed by atoms with Crippen LogP contribution in [0.25, 0.3) is 0 Å². The van der Waals surface area contributed by atoms with E-state index in [0.717, 1.165) is 11.1 Å². The molecule has 1 atom stereocenters. The number of aliphatic carboxylic acids is 1. The third kappa shape index (κ3) is 3.55. The second-order valence-corrected chi connectivity index (χ2v) is 7.49. The van der Waals surface area contributed by atoms with Crippen molar-refractivity contribution in [2.75, 3.05) is 10.6 Å². The Morgan fingerprint density at radius 3 is 2.63 bits per heavy atom. The normalized spacial score (nSPS) is 15.0. The van der Waals surface area contributed by atoms with Crippen LogP contribution in [0.5, 0.6) is 0 Å². The highest BCUT2D eigenvalue weighted by molar-refractivity contribution is 6.31. The van der Waals surface area contributed by atoms with E-state index in [4.69, 9.17) is 11.6 Å². The number of carbonyl (C=O) groups excluding carboxylic acids is 1. The van der Waals surface area contributed by atoms with Gasteiger partial charge in [-0.15, -0.1) is 0 Å². The highest BCUT2D eigenvalue weighted by Crippen LogP contribution is 2.35. The van der Waals surface area contributed by atoms with Gasteiger partial charge in [0, 0.05) is 10.7 Å². The van der Waals surface area contributed by atoms with Gasteiger partial charge in [-0.3, -0.25) is 4.79 Å². The first-order valence-electron chi connectivity index (χ1n) is 9.28. The van der Waals surface area contributed by atoms with Gasteiger partial charge in [0.15, 0.2) is 0 Å². The third-order valence-corrected chi connectivity index (χ3v) is 5.44. The van der Waals surface area contributed by atoms with Gasteiger partial charge in [0.2, 0.25) is 0 Å². The van der Waals surface area contributed by atoms with Crippen LogP contribution in [0.1, 0.15) is 33.1 Å². The lowest BCUT2D eigenvalue weighted by atomic mass is 10.0. The lowest BCUT2D eigenvalue weighted by molar-refractivity contribution is -0.132. The Morgan fingerprint density at radius 1 is 1.17 bits per heavy atom. The van der Waals surface area contributed by atoms with E-state index >= 15 is 0 Å². The van der Waals surface area contributed by atoms with E-state index in [0.29, 0.717) is 22.1 Å². The second kappa shape index (κ2) is 7.68. The first-order chi connectivity index (χ1) is 14.3. The van der Waals surface area contributed by atoms with Gasteiger partial charge < -0.3 is 15.7 Å². The molecule has 1 amide bonds. The number of fused-ring (bicyclic) bond motifs is 1. The molecule has 2 heterocycles. The zero-order chi connectivity index (χ0) is 21.4. The average molecular weight is 423 g/mol. The first kappa shape index (κ1) is 19.7. The van der Waals surface area contributed by atoms with Gasteiger partial charge in [0.1, 0.15) is 23.1 Å². The highest BCUT2D eigenvalue weighted by atomic mass is 35.5. The number of benzene rings is 2. The van der Waals surface area contributed by atoms with E-state index in [1.807, 2.05) is 38.1 Å². The lowest BCUT2D eigenvalue weighted by Gasteiger charge is -2.25. The van der Waals surface area contributed by atoms with Gasteiger partial charge in [0.25, 0.3) is 5.91 Å². The fourth-order valence-corrected chi connectivity index (χ4v) is 3.59. The number of allylic oxidation sites excluding steroid dienone is 1. The molecule has 7 nitrogen and oxygen atoms in total. The molecular formula is C22H19ClN4O3. The van der Waals surface area contributed by atoms with Crippen molar-refractivity contribution in [3.05, 3.63) is 87.7 Å². The van der Waals surface area contributed by atoms with Gasteiger partial charge in [0.05, 0.1) is 6.20 Å². The van der Waals surface area contributed by atoms with Gasteiger partial charge in [-0.1, -0.05) is 35.9 Å². The maximum absolute atomic E-state index is 12.9. The summed E-state index contributed by atoms with van der Waals surface area (Å²) >= 11 is 6.34. The number of hydrogen-bond acceptors (Lipinski definition) is 4. The Labute approximate surface area is 178 Å². The first-order valence-corrected chi connectivity index (χ1v) is 9.65. The zero-order valence-corrected chi connectivity index (χ0v) is 17.1. The van der Waals surface area contributed by atoms with Crippen LogP contribution < -0.4 is 10.6 Å². The van der Waals surface area contributed by atoms with Gasteiger partial charge in [-0.25, -0.2) is 9.48 Å². The number of carboxylic acid groups (broad SMARTS) is 1. The standard InChI is InChI=1S/C22H19ClN4O3/c1-12-7-8-14(9-13(12)2)25-21(28)16-11-24-27-19(15-5-3-4-6-17(15)23)10-18(22(29)30)26-20(16)27/h3-11,19,26H,1-2H3,(H,25,28)(H,29,30)/t19-/m1/s1. The summed E-state index contributed by atoms with van der Waals surface area (Å²) in [5.74, 6) is -1.24. The summed E-state index contributed by atoms with van der Waals surface area (Å²) in [6.07, 6.45) is 2.94. The minimum absolute atomic E-state index is 0.0480. The number of amides is 1. The fourth-order valence-electron chi connectivity index (χ4n) is 3.34. The lowest BCUT2D eigenvalue weighted by Crippen LogP contribution is -2.25. The predicted octanol–water partition coefficient (Wildman–Crippen LogP) is 4.39. The molecule has 1 aliphatic heterocycles. The Hall–Kier alpha value is -3.58. The van der Waals surface area contributed by atoms with E-state index in [1.54, 1.807) is 22.9 Å². The van der Waals surface area contributed by atoms with E-state index in [1.165, 1.54) is 12.3 Å². The summed E-state index contributed by atoms with van der Waals surface area (Å²) in [4.78, 5) is 24.6. The van der Waals surface area contributed by atoms with Crippen LogP contribution in [0, 0.1) is 13.8 Å². The van der Waals surface area contributed by atoms with Crippen molar-refractivity contribution in [3.8, 4) is 0 Å². The molecule has 30 heavy (non-hydrogen) atoms. The molecule has 3 N–H and O–H groups in total. The largest absolute Gasteiger partial charge is 0.477 e. The molecule has 3 aromatic rings. The highest BCUT2D eigenvalue weighted by Gasteiger charge is 2.30. The predicted molar refractivity (Wildman–Crippen MR) is 115 cm³/mol. The van der Waals surface area contributed by atoms with Crippen LogP contribution in [0.4, 0.5) is 11.5 Å². The SMILES string of the molecule is Cc1ccc(NC(=O)c2cnn3c2NC(C(=O)O)=C[C@@H]3c2ccccc2Cl)cc1C. The molecule has 0 unspecified atom stereocenters. The molecule has 152 valence electrons. The van der Waals surface area contributed by atoms with E-state index < -0.39 is 17.9 Å². The summed E-state index contributed by atoms with van der Waals surface area (Å²) in [7, 11) is 0. The molecule has 0 aliphatic carbocycles. The number of anilines is 2. The second-order valence-electron chi connectivity index (χ2n) is 7.08. The molecule has 0 bridgehead atoms. The van der Waals surface area contributed by atoms with E-state index in [2.05, 4.69) is 15.7 Å². The van der Waals surface area contributed by atoms with Gasteiger partial charge in [-0.05, 0) is 54.8 Å². The minimum atomic E-state index is -1.14. The molecule has 0 fully saturated rings. The number of rotatable bonds is 4. The number of nitrogens with one attached hydrogen (secondary N) is 2. The summed E-state index contributed by atoms with van der Waals surface area (Å²) in [5, 5.41) is 20.0. The minimum Gasteiger partial charge on any atom is -0.477 e. The number of nitrogens with zero attached hydrogens (tertiary/aromatic N) is 2. The van der Waals surface area contributed by atoms with E-state index in [9.17, 15) is 14.7 Å². The number of aromatic nitrogens is 2. The van der Waals surface area contributed by atoms with Crippen molar-refractivity contribution in [2.45, 2.75) is 19.9 Å².